The number of benzene rings is 3. The SMILES string of the molecule is O=S(=O)(c1ccccc1)c1cc2c(OCc3ccccc3)cccc2[nH]1. The molecular weight excluding hydrogens is 346 g/mol. The molecule has 0 atom stereocenters. The van der Waals surface area contributed by atoms with Gasteiger partial charge in [-0.3, -0.25) is 0 Å². The van der Waals surface area contributed by atoms with Crippen LogP contribution in [0.3, 0.4) is 0 Å². The van der Waals surface area contributed by atoms with Crippen molar-refractivity contribution in [1.29, 1.82) is 0 Å². The van der Waals surface area contributed by atoms with Gasteiger partial charge >= 0.3 is 0 Å². The molecule has 26 heavy (non-hydrogen) atoms. The number of ether oxygens (including phenoxy) is 1. The molecule has 1 N–H and O–H groups in total. The second-order valence-corrected chi connectivity index (χ2v) is 7.86. The minimum absolute atomic E-state index is 0.162. The lowest BCUT2D eigenvalue weighted by molar-refractivity contribution is 0.310. The monoisotopic (exact) mass is 363 g/mol. The van der Waals surface area contributed by atoms with Gasteiger partial charge < -0.3 is 9.72 Å². The standard InChI is InChI=1S/C21H17NO3S/c23-26(24,17-10-5-2-6-11-17)21-14-18-19(22-21)12-7-13-20(18)25-15-16-8-3-1-4-9-16/h1-14,22H,15H2. The van der Waals surface area contributed by atoms with Gasteiger partial charge in [-0.2, -0.15) is 0 Å². The molecule has 5 heteroatoms. The van der Waals surface area contributed by atoms with Crippen LogP contribution >= 0.6 is 0 Å². The van der Waals surface area contributed by atoms with E-state index in [0.29, 0.717) is 12.4 Å². The first-order chi connectivity index (χ1) is 12.6. The van der Waals surface area contributed by atoms with Gasteiger partial charge in [0, 0.05) is 5.39 Å². The Hall–Kier alpha value is -3.05. The van der Waals surface area contributed by atoms with Gasteiger partial charge in [0.25, 0.3) is 0 Å². The second-order valence-electron chi connectivity index (χ2n) is 5.94. The molecule has 3 aromatic carbocycles. The van der Waals surface area contributed by atoms with Crippen molar-refractivity contribution < 1.29 is 13.2 Å². The summed E-state index contributed by atoms with van der Waals surface area (Å²) in [5.41, 5.74) is 1.78. The molecule has 0 fully saturated rings. The molecule has 1 aromatic heterocycles. The van der Waals surface area contributed by atoms with E-state index in [9.17, 15) is 8.42 Å². The Morgan fingerprint density at radius 1 is 0.808 bits per heavy atom. The van der Waals surface area contributed by atoms with Crippen LogP contribution in [0.5, 0.6) is 5.75 Å². The first kappa shape index (κ1) is 16.4. The molecule has 0 radical (unpaired) electrons. The van der Waals surface area contributed by atoms with E-state index >= 15 is 0 Å². The Morgan fingerprint density at radius 2 is 1.50 bits per heavy atom. The lowest BCUT2D eigenvalue weighted by Gasteiger charge is -2.07. The predicted molar refractivity (Wildman–Crippen MR) is 101 cm³/mol. The molecule has 130 valence electrons. The number of hydrogen-bond donors (Lipinski definition) is 1. The van der Waals surface area contributed by atoms with Gasteiger partial charge in [-0.25, -0.2) is 8.42 Å². The maximum absolute atomic E-state index is 12.8. The fourth-order valence-electron chi connectivity index (χ4n) is 2.83. The van der Waals surface area contributed by atoms with Crippen LogP contribution < -0.4 is 4.74 Å². The topological polar surface area (TPSA) is 59.2 Å². The Labute approximate surface area is 152 Å². The first-order valence-corrected chi connectivity index (χ1v) is 9.71. The van der Waals surface area contributed by atoms with E-state index < -0.39 is 9.84 Å². The summed E-state index contributed by atoms with van der Waals surface area (Å²) < 4.78 is 31.6. The fraction of sp³-hybridized carbons (Fsp3) is 0.0476. The Balaban J connectivity index is 1.70. The zero-order valence-electron chi connectivity index (χ0n) is 13.9. The van der Waals surface area contributed by atoms with Crippen LogP contribution in [-0.4, -0.2) is 13.4 Å². The molecule has 0 aliphatic carbocycles. The third-order valence-electron chi connectivity index (χ3n) is 4.18. The molecule has 0 aliphatic heterocycles. The van der Waals surface area contributed by atoms with Crippen molar-refractivity contribution in [3.63, 3.8) is 0 Å². The number of H-pyrrole nitrogens is 1. The van der Waals surface area contributed by atoms with Gasteiger partial charge in [-0.05, 0) is 35.9 Å². The van der Waals surface area contributed by atoms with Crippen molar-refractivity contribution in [3.8, 4) is 5.75 Å². The molecule has 0 saturated heterocycles. The highest BCUT2D eigenvalue weighted by atomic mass is 32.2. The molecule has 0 unspecified atom stereocenters. The zero-order valence-corrected chi connectivity index (χ0v) is 14.7. The predicted octanol–water partition coefficient (Wildman–Crippen LogP) is 4.58. The normalized spacial score (nSPS) is 11.5. The highest BCUT2D eigenvalue weighted by Gasteiger charge is 2.20. The summed E-state index contributed by atoms with van der Waals surface area (Å²) in [7, 11) is -3.60. The first-order valence-electron chi connectivity index (χ1n) is 8.23. The van der Waals surface area contributed by atoms with Crippen LogP contribution in [0.25, 0.3) is 10.9 Å². The van der Waals surface area contributed by atoms with Gasteiger partial charge in [0.15, 0.2) is 0 Å². The van der Waals surface area contributed by atoms with Crippen LogP contribution in [-0.2, 0) is 16.4 Å². The number of sulfone groups is 1. The molecular formula is C21H17NO3S. The van der Waals surface area contributed by atoms with E-state index in [2.05, 4.69) is 4.98 Å². The zero-order chi connectivity index (χ0) is 18.0. The van der Waals surface area contributed by atoms with Gasteiger partial charge in [-0.1, -0.05) is 54.6 Å². The van der Waals surface area contributed by atoms with E-state index in [1.165, 1.54) is 0 Å². The molecule has 0 saturated carbocycles. The highest BCUT2D eigenvalue weighted by Crippen LogP contribution is 2.30. The Bertz CT molecular complexity index is 1130. The van der Waals surface area contributed by atoms with Crippen LogP contribution in [0.4, 0.5) is 0 Å². The van der Waals surface area contributed by atoms with E-state index in [1.807, 2.05) is 48.5 Å². The minimum Gasteiger partial charge on any atom is -0.488 e. The van der Waals surface area contributed by atoms with Gasteiger partial charge in [0.05, 0.1) is 10.4 Å². The number of nitrogens with one attached hydrogen (secondary N) is 1. The number of hydrogen-bond acceptors (Lipinski definition) is 3. The average molecular weight is 363 g/mol. The van der Waals surface area contributed by atoms with Crippen molar-refractivity contribution in [2.75, 3.05) is 0 Å². The Morgan fingerprint density at radius 3 is 2.23 bits per heavy atom. The average Bonchev–Trinajstić information content (AvgIpc) is 3.14. The van der Waals surface area contributed by atoms with Gasteiger partial charge in [0.1, 0.15) is 17.4 Å². The quantitative estimate of drug-likeness (QED) is 0.565. The van der Waals surface area contributed by atoms with Crippen molar-refractivity contribution in [1.82, 2.24) is 4.98 Å². The third-order valence-corrected chi connectivity index (χ3v) is 5.87. The largest absolute Gasteiger partial charge is 0.488 e. The maximum Gasteiger partial charge on any atom is 0.221 e. The van der Waals surface area contributed by atoms with Gasteiger partial charge in [-0.15, -0.1) is 0 Å². The maximum atomic E-state index is 12.8. The van der Waals surface area contributed by atoms with Crippen LogP contribution in [0.1, 0.15) is 5.56 Å². The molecule has 0 spiro atoms. The minimum atomic E-state index is -3.60. The molecule has 0 aliphatic rings. The lowest BCUT2D eigenvalue weighted by Crippen LogP contribution is -2.01. The summed E-state index contributed by atoms with van der Waals surface area (Å²) >= 11 is 0. The number of aromatic amines is 1. The van der Waals surface area contributed by atoms with Crippen LogP contribution in [0.2, 0.25) is 0 Å². The number of rotatable bonds is 5. The highest BCUT2D eigenvalue weighted by molar-refractivity contribution is 7.91. The smallest absolute Gasteiger partial charge is 0.221 e. The number of fused-ring (bicyclic) bond motifs is 1. The lowest BCUT2D eigenvalue weighted by atomic mass is 10.2. The molecule has 4 rings (SSSR count). The summed E-state index contributed by atoms with van der Waals surface area (Å²) in [6, 6.07) is 25.4. The molecule has 4 aromatic rings. The molecule has 0 amide bonds. The van der Waals surface area contributed by atoms with Crippen molar-refractivity contribution >= 4 is 20.7 Å². The summed E-state index contributed by atoms with van der Waals surface area (Å²) in [6.07, 6.45) is 0. The van der Waals surface area contributed by atoms with E-state index in [1.54, 1.807) is 36.4 Å². The fourth-order valence-corrected chi connectivity index (χ4v) is 4.12. The summed E-state index contributed by atoms with van der Waals surface area (Å²) in [5.74, 6) is 0.650. The van der Waals surface area contributed by atoms with Crippen molar-refractivity contribution in [2.24, 2.45) is 0 Å². The summed E-state index contributed by atoms with van der Waals surface area (Å²) in [5, 5.41) is 0.910. The summed E-state index contributed by atoms with van der Waals surface area (Å²) in [4.78, 5) is 3.27. The van der Waals surface area contributed by atoms with Crippen LogP contribution in [0.15, 0.2) is 94.9 Å². The van der Waals surface area contributed by atoms with Crippen LogP contribution in [0, 0.1) is 0 Å². The summed E-state index contributed by atoms with van der Waals surface area (Å²) in [6.45, 7) is 0.423. The van der Waals surface area contributed by atoms with Crippen molar-refractivity contribution in [3.05, 3.63) is 90.5 Å². The van der Waals surface area contributed by atoms with E-state index in [4.69, 9.17) is 4.74 Å². The third kappa shape index (κ3) is 3.09. The van der Waals surface area contributed by atoms with Gasteiger partial charge in [0.2, 0.25) is 9.84 Å². The second kappa shape index (κ2) is 6.69. The van der Waals surface area contributed by atoms with E-state index in [0.717, 1.165) is 16.5 Å². The Kier molecular flexibility index (Phi) is 4.22. The molecule has 1 heterocycles. The number of aromatic nitrogens is 1. The van der Waals surface area contributed by atoms with Crippen molar-refractivity contribution in [2.45, 2.75) is 16.5 Å². The molecule has 0 bridgehead atoms. The molecule has 4 nitrogen and oxygen atoms in total. The van der Waals surface area contributed by atoms with E-state index in [-0.39, 0.29) is 9.92 Å².